The van der Waals surface area contributed by atoms with E-state index in [1.54, 1.807) is 13.1 Å². The fraction of sp³-hybridized carbons (Fsp3) is 0.250. The van der Waals surface area contributed by atoms with Crippen molar-refractivity contribution in [3.63, 3.8) is 0 Å². The van der Waals surface area contributed by atoms with Crippen molar-refractivity contribution in [3.8, 4) is 0 Å². The Morgan fingerprint density at radius 2 is 2.21 bits per heavy atom. The van der Waals surface area contributed by atoms with Gasteiger partial charge in [-0.1, -0.05) is 19.1 Å². The zero-order chi connectivity index (χ0) is 14.0. The molecule has 0 bridgehead atoms. The van der Waals surface area contributed by atoms with Gasteiger partial charge in [-0.05, 0) is 6.07 Å². The number of aromatic nitrogens is 2. The zero-order valence-corrected chi connectivity index (χ0v) is 11.3. The molecule has 0 aliphatic heterocycles. The molecule has 0 fully saturated rings. The maximum Gasteiger partial charge on any atom is 0.270 e. The molecule has 1 N–H and O–H groups in total. The molecule has 19 heavy (non-hydrogen) atoms. The van der Waals surface area contributed by atoms with Crippen molar-refractivity contribution in [1.82, 2.24) is 15.3 Å². The fourth-order valence-electron chi connectivity index (χ4n) is 1.73. The number of nitrogens with one attached hydrogen (secondary N) is 1. The number of non-ortho nitro benzene ring substituents is 1. The lowest BCUT2D eigenvalue weighted by Crippen LogP contribution is -2.19. The number of fused-ring (bicyclic) bond motifs is 1. The molecule has 2 rings (SSSR count). The van der Waals surface area contributed by atoms with E-state index in [1.807, 2.05) is 6.92 Å². The zero-order valence-electron chi connectivity index (χ0n) is 10.5. The quantitative estimate of drug-likeness (QED) is 0.524. The molecule has 0 spiro atoms. The van der Waals surface area contributed by atoms with Crippen molar-refractivity contribution >= 4 is 33.8 Å². The Hall–Kier alpha value is -2.15. The van der Waals surface area contributed by atoms with Crippen molar-refractivity contribution in [1.29, 1.82) is 0 Å². The Morgan fingerprint density at radius 3 is 2.79 bits per heavy atom. The number of nitrogens with zero attached hydrogens (tertiary/aromatic N) is 3. The van der Waals surface area contributed by atoms with Crippen LogP contribution in [0.25, 0.3) is 10.9 Å². The molecule has 2 aromatic rings. The number of rotatable bonds is 3. The summed E-state index contributed by atoms with van der Waals surface area (Å²) in [6.45, 7) is 1.94. The van der Waals surface area contributed by atoms with E-state index in [2.05, 4.69) is 15.3 Å². The van der Waals surface area contributed by atoms with Gasteiger partial charge < -0.3 is 5.32 Å². The van der Waals surface area contributed by atoms with Crippen LogP contribution in [0.3, 0.4) is 0 Å². The lowest BCUT2D eigenvalue weighted by Gasteiger charge is -2.08. The summed E-state index contributed by atoms with van der Waals surface area (Å²) in [5.41, 5.74) is 1.19. The molecule has 6 nitrogen and oxygen atoms in total. The molecule has 1 aromatic heterocycles. The Morgan fingerprint density at radius 1 is 1.47 bits per heavy atom. The van der Waals surface area contributed by atoms with Gasteiger partial charge in [0, 0.05) is 31.0 Å². The third kappa shape index (κ3) is 2.50. The number of hydrogen-bond donors (Lipinski definition) is 1. The Labute approximate surface area is 115 Å². The molecule has 0 saturated heterocycles. The molecule has 7 heteroatoms. The number of nitro benzene ring substituents is 1. The smallest absolute Gasteiger partial charge is 0.270 e. The lowest BCUT2D eigenvalue weighted by molar-refractivity contribution is -0.384. The van der Waals surface area contributed by atoms with E-state index < -0.39 is 4.92 Å². The summed E-state index contributed by atoms with van der Waals surface area (Å²) in [7, 11) is 1.69. The standard InChI is InChI=1S/C12H12N4O2S/c1-3-10-14-9-5-4-7(16(17)18)6-8(9)11(15-10)12(19)13-2/h4-6H,3H2,1-2H3,(H,13,19). The molecule has 1 heterocycles. The normalized spacial score (nSPS) is 10.4. The maximum absolute atomic E-state index is 10.8. The number of nitro groups is 1. The fourth-order valence-corrected chi connectivity index (χ4v) is 1.88. The molecule has 0 saturated carbocycles. The third-order valence-electron chi connectivity index (χ3n) is 2.69. The summed E-state index contributed by atoms with van der Waals surface area (Å²) < 4.78 is 0. The van der Waals surface area contributed by atoms with Gasteiger partial charge in [-0.3, -0.25) is 10.1 Å². The van der Waals surface area contributed by atoms with Crippen molar-refractivity contribution in [2.24, 2.45) is 0 Å². The van der Waals surface area contributed by atoms with Crippen LogP contribution < -0.4 is 5.32 Å². The monoisotopic (exact) mass is 276 g/mol. The second-order valence-electron chi connectivity index (χ2n) is 3.88. The van der Waals surface area contributed by atoms with Crippen molar-refractivity contribution in [2.75, 3.05) is 7.05 Å². The van der Waals surface area contributed by atoms with Gasteiger partial charge in [0.2, 0.25) is 0 Å². The van der Waals surface area contributed by atoms with Crippen LogP contribution in [-0.4, -0.2) is 26.9 Å². The van der Waals surface area contributed by atoms with Crippen LogP contribution in [0.5, 0.6) is 0 Å². The van der Waals surface area contributed by atoms with E-state index in [4.69, 9.17) is 12.2 Å². The summed E-state index contributed by atoms with van der Waals surface area (Å²) in [4.78, 5) is 19.5. The molecule has 0 atom stereocenters. The van der Waals surface area contributed by atoms with Gasteiger partial charge in [-0.25, -0.2) is 9.97 Å². The highest BCUT2D eigenvalue weighted by atomic mass is 32.1. The Balaban J connectivity index is 2.76. The third-order valence-corrected chi connectivity index (χ3v) is 3.09. The summed E-state index contributed by atoms with van der Waals surface area (Å²) in [6, 6.07) is 4.50. The average molecular weight is 276 g/mol. The van der Waals surface area contributed by atoms with Gasteiger partial charge >= 0.3 is 0 Å². The van der Waals surface area contributed by atoms with Crippen LogP contribution in [-0.2, 0) is 6.42 Å². The molecule has 98 valence electrons. The molecular formula is C12H12N4O2S. The first-order valence-electron chi connectivity index (χ1n) is 5.74. The Bertz CT molecular complexity index is 672. The number of hydrogen-bond acceptors (Lipinski definition) is 5. The minimum atomic E-state index is -0.445. The second kappa shape index (κ2) is 5.23. The molecule has 1 aromatic carbocycles. The van der Waals surface area contributed by atoms with Crippen LogP contribution in [0.4, 0.5) is 5.69 Å². The predicted molar refractivity (Wildman–Crippen MR) is 76.3 cm³/mol. The highest BCUT2D eigenvalue weighted by Gasteiger charge is 2.14. The first kappa shape index (κ1) is 13.3. The highest BCUT2D eigenvalue weighted by Crippen LogP contribution is 2.22. The molecule has 0 aliphatic carbocycles. The molecule has 0 amide bonds. The minimum Gasteiger partial charge on any atom is -0.378 e. The molecule has 0 radical (unpaired) electrons. The van der Waals surface area contributed by atoms with E-state index in [1.165, 1.54) is 12.1 Å². The minimum absolute atomic E-state index is 0.000464. The summed E-state index contributed by atoms with van der Waals surface area (Å²) in [5, 5.41) is 14.3. The van der Waals surface area contributed by atoms with Gasteiger partial charge in [0.05, 0.1) is 10.4 Å². The van der Waals surface area contributed by atoms with Crippen molar-refractivity contribution in [3.05, 3.63) is 39.8 Å². The van der Waals surface area contributed by atoms with Crippen LogP contribution in [0, 0.1) is 10.1 Å². The molecule has 0 aliphatic rings. The SMILES string of the molecule is CCc1nc(C(=S)NC)c2cc([N+](=O)[O-])ccc2n1. The maximum atomic E-state index is 10.8. The van der Waals surface area contributed by atoms with Crippen molar-refractivity contribution in [2.45, 2.75) is 13.3 Å². The number of thiocarbonyl (C=S) groups is 1. The van der Waals surface area contributed by atoms with Crippen LogP contribution in [0.15, 0.2) is 18.2 Å². The van der Waals surface area contributed by atoms with Gasteiger partial charge in [-0.2, -0.15) is 0 Å². The van der Waals surface area contributed by atoms with E-state index in [0.29, 0.717) is 33.8 Å². The van der Waals surface area contributed by atoms with Gasteiger partial charge in [0.1, 0.15) is 16.5 Å². The number of benzene rings is 1. The predicted octanol–water partition coefficient (Wildman–Crippen LogP) is 2.00. The highest BCUT2D eigenvalue weighted by molar-refractivity contribution is 7.80. The largest absolute Gasteiger partial charge is 0.378 e. The van der Waals surface area contributed by atoms with Gasteiger partial charge in [-0.15, -0.1) is 0 Å². The van der Waals surface area contributed by atoms with Crippen molar-refractivity contribution < 1.29 is 4.92 Å². The van der Waals surface area contributed by atoms with Crippen LogP contribution >= 0.6 is 12.2 Å². The van der Waals surface area contributed by atoms with E-state index >= 15 is 0 Å². The second-order valence-corrected chi connectivity index (χ2v) is 4.29. The van der Waals surface area contributed by atoms with Gasteiger partial charge in [0.15, 0.2) is 0 Å². The molecular weight excluding hydrogens is 264 g/mol. The lowest BCUT2D eigenvalue weighted by atomic mass is 10.1. The van der Waals surface area contributed by atoms with E-state index in [9.17, 15) is 10.1 Å². The average Bonchev–Trinajstić information content (AvgIpc) is 2.44. The number of aryl methyl sites for hydroxylation is 1. The summed E-state index contributed by atoms with van der Waals surface area (Å²) >= 11 is 5.19. The summed E-state index contributed by atoms with van der Waals surface area (Å²) in [6.07, 6.45) is 0.673. The topological polar surface area (TPSA) is 81.0 Å². The van der Waals surface area contributed by atoms with Crippen LogP contribution in [0.1, 0.15) is 18.4 Å². The van der Waals surface area contributed by atoms with E-state index in [-0.39, 0.29) is 5.69 Å². The van der Waals surface area contributed by atoms with Crippen LogP contribution in [0.2, 0.25) is 0 Å². The first-order chi connectivity index (χ1) is 9.06. The van der Waals surface area contributed by atoms with Gasteiger partial charge in [0.25, 0.3) is 5.69 Å². The Kier molecular flexibility index (Phi) is 3.66. The molecule has 0 unspecified atom stereocenters. The summed E-state index contributed by atoms with van der Waals surface area (Å²) in [5.74, 6) is 0.661. The first-order valence-corrected chi connectivity index (χ1v) is 6.14. The van der Waals surface area contributed by atoms with E-state index in [0.717, 1.165) is 0 Å².